The van der Waals surface area contributed by atoms with Crippen molar-refractivity contribution < 1.29 is 19.4 Å². The number of fused-ring (bicyclic) bond motifs is 7. The molecule has 0 saturated carbocycles. The minimum absolute atomic E-state index is 0.00847. The highest BCUT2D eigenvalue weighted by Crippen LogP contribution is 2.41. The van der Waals surface area contributed by atoms with Gasteiger partial charge in [-0.2, -0.15) is 5.26 Å². The number of halogens is 1. The van der Waals surface area contributed by atoms with Gasteiger partial charge in [-0.25, -0.2) is 0 Å². The Morgan fingerprint density at radius 3 is 2.45 bits per heavy atom. The average molecular weight is 612 g/mol. The van der Waals surface area contributed by atoms with Gasteiger partial charge in [-0.1, -0.05) is 11.6 Å². The number of nitrogens with zero attached hydrogens (tertiary/aromatic N) is 5. The Labute approximate surface area is 261 Å². The number of phenols is 1. The van der Waals surface area contributed by atoms with E-state index in [1.807, 2.05) is 30.4 Å². The van der Waals surface area contributed by atoms with Crippen molar-refractivity contribution in [3.05, 3.63) is 81.8 Å². The zero-order chi connectivity index (χ0) is 31.3. The van der Waals surface area contributed by atoms with Crippen molar-refractivity contribution in [2.24, 2.45) is 20.0 Å². The molecule has 1 N–H and O–H groups in total. The second-order valence-corrected chi connectivity index (χ2v) is 12.1. The molecule has 9 nitrogen and oxygen atoms in total. The molecule has 1 unspecified atom stereocenters. The second-order valence-electron chi connectivity index (χ2n) is 11.6. The van der Waals surface area contributed by atoms with E-state index in [0.29, 0.717) is 87.7 Å². The molecule has 0 aliphatic carbocycles. The third kappa shape index (κ3) is 4.99. The van der Waals surface area contributed by atoms with Crippen molar-refractivity contribution in [1.82, 2.24) is 14.0 Å². The topological polar surface area (TPSA) is 104 Å². The van der Waals surface area contributed by atoms with E-state index >= 15 is 0 Å². The second kappa shape index (κ2) is 11.4. The molecule has 4 aromatic rings. The molecule has 4 bridgehead atoms. The van der Waals surface area contributed by atoms with Crippen LogP contribution < -0.4 is 9.64 Å². The van der Waals surface area contributed by atoms with Gasteiger partial charge in [0, 0.05) is 66.5 Å². The molecule has 10 heteroatoms. The Balaban J connectivity index is 1.61. The van der Waals surface area contributed by atoms with Crippen molar-refractivity contribution in [2.45, 2.75) is 33.1 Å². The largest absolute Gasteiger partial charge is 0.508 e. The van der Waals surface area contributed by atoms with Crippen LogP contribution in [0.3, 0.4) is 0 Å². The molecule has 2 aromatic carbocycles. The van der Waals surface area contributed by atoms with Gasteiger partial charge in [-0.05, 0) is 81.5 Å². The van der Waals surface area contributed by atoms with Crippen molar-refractivity contribution in [3.8, 4) is 28.8 Å². The summed E-state index contributed by atoms with van der Waals surface area (Å²) in [5.41, 5.74) is 5.05. The van der Waals surface area contributed by atoms with Gasteiger partial charge < -0.3 is 23.9 Å². The molecule has 2 aromatic heterocycles. The summed E-state index contributed by atoms with van der Waals surface area (Å²) in [6.07, 6.45) is 2.56. The van der Waals surface area contributed by atoms with Crippen molar-refractivity contribution in [3.63, 3.8) is 0 Å². The van der Waals surface area contributed by atoms with Gasteiger partial charge >= 0.3 is 0 Å². The van der Waals surface area contributed by atoms with E-state index in [4.69, 9.17) is 16.3 Å². The Hall–Kier alpha value is -4.68. The number of rotatable bonds is 1. The van der Waals surface area contributed by atoms with Crippen LogP contribution in [0.15, 0.2) is 48.5 Å². The molecule has 226 valence electrons. The van der Waals surface area contributed by atoms with Crippen LogP contribution in [0, 0.1) is 31.1 Å². The molecule has 2 aliphatic heterocycles. The first-order chi connectivity index (χ1) is 21.1. The molecule has 44 heavy (non-hydrogen) atoms. The Morgan fingerprint density at radius 1 is 0.909 bits per heavy atom. The minimum atomic E-state index is -0.347. The molecule has 2 amide bonds. The lowest BCUT2D eigenvalue weighted by atomic mass is 9.94. The van der Waals surface area contributed by atoms with E-state index in [1.165, 1.54) is 12.1 Å². The van der Waals surface area contributed by atoms with Gasteiger partial charge in [0.05, 0.1) is 23.5 Å². The Morgan fingerprint density at radius 2 is 1.70 bits per heavy atom. The third-order valence-corrected chi connectivity index (χ3v) is 9.33. The number of aromatic nitrogens is 2. The fraction of sp³-hybridized carbons (Fsp3) is 0.324. The van der Waals surface area contributed by atoms with E-state index in [1.54, 1.807) is 52.9 Å². The number of piperidine rings is 1. The van der Waals surface area contributed by atoms with E-state index in [9.17, 15) is 20.0 Å². The molecule has 0 radical (unpaired) electrons. The van der Waals surface area contributed by atoms with Gasteiger partial charge in [0.2, 0.25) is 0 Å². The molecule has 6 rings (SSSR count). The van der Waals surface area contributed by atoms with Crippen LogP contribution in [-0.4, -0.2) is 50.7 Å². The van der Waals surface area contributed by atoms with Gasteiger partial charge in [0.15, 0.2) is 0 Å². The number of aromatic hydroxyl groups is 1. The summed E-state index contributed by atoms with van der Waals surface area (Å²) in [4.78, 5) is 32.2. The number of phenolic OH excluding ortho intramolecular Hbond substituents is 1. The lowest BCUT2D eigenvalue weighted by Gasteiger charge is -2.33. The Kier molecular flexibility index (Phi) is 7.64. The molecule has 4 heterocycles. The normalized spacial score (nSPS) is 17.1. The lowest BCUT2D eigenvalue weighted by Crippen LogP contribution is -2.40. The summed E-state index contributed by atoms with van der Waals surface area (Å²) >= 11 is 6.49. The number of nitriles is 1. The van der Waals surface area contributed by atoms with Gasteiger partial charge in [-0.15, -0.1) is 0 Å². The van der Waals surface area contributed by atoms with E-state index in [-0.39, 0.29) is 23.5 Å². The smallest absolute Gasteiger partial charge is 0.264 e. The molecule has 0 spiro atoms. The standard InChI is InChI=1S/C34H34ClN5O4/c1-20-27-17-31(38(20)4)28-14-23(35)7-9-26(28)33(42)39-12-5-6-22(19-39)11-13-44-32-16-25(41)8-10-29(32)40(34(27)43)30-15-24(18-36)37(3)21(30)2/h7-10,14-17,22,41H,5-6,11-13,19H2,1-4H3. The predicted octanol–water partition coefficient (Wildman–Crippen LogP) is 6.49. The third-order valence-electron chi connectivity index (χ3n) is 9.10. The summed E-state index contributed by atoms with van der Waals surface area (Å²) in [6.45, 7) is 5.33. The van der Waals surface area contributed by atoms with Crippen molar-refractivity contribution in [2.75, 3.05) is 24.6 Å². The van der Waals surface area contributed by atoms with Crippen LogP contribution in [-0.2, 0) is 14.1 Å². The number of ether oxygens (including phenoxy) is 1. The predicted molar refractivity (Wildman–Crippen MR) is 169 cm³/mol. The van der Waals surface area contributed by atoms with Crippen LogP contribution in [0.1, 0.15) is 57.1 Å². The highest BCUT2D eigenvalue weighted by molar-refractivity contribution is 6.31. The van der Waals surface area contributed by atoms with Gasteiger partial charge in [0.25, 0.3) is 11.8 Å². The van der Waals surface area contributed by atoms with Crippen LogP contribution >= 0.6 is 11.6 Å². The molecule has 1 atom stereocenters. The van der Waals surface area contributed by atoms with Crippen LogP contribution in [0.5, 0.6) is 11.5 Å². The molecule has 2 aliphatic rings. The fourth-order valence-electron chi connectivity index (χ4n) is 6.37. The monoisotopic (exact) mass is 611 g/mol. The number of carbonyl (C=O) groups is 2. The lowest BCUT2D eigenvalue weighted by molar-refractivity contribution is 0.0658. The van der Waals surface area contributed by atoms with E-state index < -0.39 is 0 Å². The maximum atomic E-state index is 14.7. The highest BCUT2D eigenvalue weighted by atomic mass is 35.5. The van der Waals surface area contributed by atoms with Crippen LogP contribution in [0.25, 0.3) is 11.3 Å². The number of anilines is 2. The summed E-state index contributed by atoms with van der Waals surface area (Å²) in [5, 5.41) is 20.7. The van der Waals surface area contributed by atoms with Gasteiger partial charge in [0.1, 0.15) is 23.3 Å². The Bertz CT molecular complexity index is 1850. The zero-order valence-electron chi connectivity index (χ0n) is 25.2. The molecular weight excluding hydrogens is 578 g/mol. The van der Waals surface area contributed by atoms with E-state index in [2.05, 4.69) is 6.07 Å². The summed E-state index contributed by atoms with van der Waals surface area (Å²) in [5.74, 6) is 0.173. The quantitative estimate of drug-likeness (QED) is 0.265. The number of hydrogen-bond donors (Lipinski definition) is 1. The fourth-order valence-corrected chi connectivity index (χ4v) is 6.54. The average Bonchev–Trinajstić information content (AvgIpc) is 3.47. The molecule has 1 saturated heterocycles. The highest BCUT2D eigenvalue weighted by Gasteiger charge is 2.32. The number of benzene rings is 2. The number of carbonyl (C=O) groups excluding carboxylic acids is 2. The molecule has 1 fully saturated rings. The number of hydrogen-bond acceptors (Lipinski definition) is 5. The SMILES string of the molecule is Cc1c(N2C(=O)c3cc(n(C)c3C)-c3cc(Cl)ccc3C(=O)N3CCCC(CCOc4cc(O)ccc42)C3)cc(C#N)n1C. The van der Waals surface area contributed by atoms with E-state index in [0.717, 1.165) is 12.8 Å². The summed E-state index contributed by atoms with van der Waals surface area (Å²) in [7, 11) is 3.65. The number of amides is 2. The maximum Gasteiger partial charge on any atom is 0.264 e. The van der Waals surface area contributed by atoms with Crippen LogP contribution in [0.4, 0.5) is 11.4 Å². The molecular formula is C34H34ClN5O4. The van der Waals surface area contributed by atoms with Gasteiger partial charge in [-0.3, -0.25) is 14.5 Å². The first-order valence-electron chi connectivity index (χ1n) is 14.7. The minimum Gasteiger partial charge on any atom is -0.508 e. The van der Waals surface area contributed by atoms with Crippen LogP contribution in [0.2, 0.25) is 5.02 Å². The summed E-state index contributed by atoms with van der Waals surface area (Å²) in [6, 6.07) is 15.7. The summed E-state index contributed by atoms with van der Waals surface area (Å²) < 4.78 is 9.94. The first-order valence-corrected chi connectivity index (χ1v) is 15.1. The zero-order valence-corrected chi connectivity index (χ0v) is 26.0. The van der Waals surface area contributed by atoms with Crippen molar-refractivity contribution in [1.29, 1.82) is 5.26 Å². The first kappa shape index (κ1) is 29.4. The maximum absolute atomic E-state index is 14.7. The van der Waals surface area contributed by atoms with Crippen molar-refractivity contribution >= 4 is 34.8 Å².